The maximum absolute atomic E-state index is 13.1. The Morgan fingerprint density at radius 3 is 2.62 bits per heavy atom. The number of halogens is 3. The van der Waals surface area contributed by atoms with E-state index in [9.17, 15) is 18.0 Å². The molecule has 2 aromatic carbocycles. The second-order valence-corrected chi connectivity index (χ2v) is 6.54. The minimum absolute atomic E-state index is 0.132. The number of benzene rings is 2. The third-order valence-electron chi connectivity index (χ3n) is 4.90. The second kappa shape index (κ2) is 7.02. The number of rotatable bonds is 3. The Balaban J connectivity index is 2.09. The molecule has 6 heteroatoms. The van der Waals surface area contributed by atoms with Crippen LogP contribution >= 0.6 is 0 Å². The highest BCUT2D eigenvalue weighted by Gasteiger charge is 2.32. The van der Waals surface area contributed by atoms with Crippen molar-refractivity contribution in [1.29, 1.82) is 0 Å². The normalized spacial score (nSPS) is 17.1. The fourth-order valence-electron chi connectivity index (χ4n) is 3.73. The van der Waals surface area contributed by atoms with Crippen LogP contribution in [0.3, 0.4) is 0 Å². The van der Waals surface area contributed by atoms with Crippen LogP contribution in [0.15, 0.2) is 42.5 Å². The molecule has 0 saturated heterocycles. The van der Waals surface area contributed by atoms with Crippen LogP contribution in [0.5, 0.6) is 0 Å². The minimum Gasteiger partial charge on any atom is -0.351 e. The lowest BCUT2D eigenvalue weighted by molar-refractivity contribution is -0.137. The Hall–Kier alpha value is -2.50. The third-order valence-corrected chi connectivity index (χ3v) is 4.90. The van der Waals surface area contributed by atoms with E-state index >= 15 is 0 Å². The van der Waals surface area contributed by atoms with Crippen molar-refractivity contribution in [1.82, 2.24) is 4.90 Å². The molecule has 0 fully saturated rings. The van der Waals surface area contributed by atoms with Crippen LogP contribution < -0.4 is 5.73 Å². The van der Waals surface area contributed by atoms with Gasteiger partial charge in [-0.1, -0.05) is 43.7 Å². The summed E-state index contributed by atoms with van der Waals surface area (Å²) in [6.45, 7) is 2.51. The van der Waals surface area contributed by atoms with Crippen molar-refractivity contribution < 1.29 is 18.0 Å². The second-order valence-electron chi connectivity index (χ2n) is 6.54. The van der Waals surface area contributed by atoms with Crippen LogP contribution in [0.4, 0.5) is 18.0 Å². The molecule has 0 radical (unpaired) electrons. The van der Waals surface area contributed by atoms with E-state index in [0.717, 1.165) is 35.6 Å². The topological polar surface area (TPSA) is 46.3 Å². The minimum atomic E-state index is -4.38. The first kappa shape index (κ1) is 18.3. The lowest BCUT2D eigenvalue weighted by Crippen LogP contribution is -2.43. The van der Waals surface area contributed by atoms with Gasteiger partial charge >= 0.3 is 12.2 Å². The summed E-state index contributed by atoms with van der Waals surface area (Å²) in [6, 6.07) is 10.4. The number of fused-ring (bicyclic) bond motifs is 1. The summed E-state index contributed by atoms with van der Waals surface area (Å²) < 4.78 is 39.2. The van der Waals surface area contributed by atoms with Crippen molar-refractivity contribution in [3.63, 3.8) is 0 Å². The van der Waals surface area contributed by atoms with Crippen molar-refractivity contribution >= 4 is 6.03 Å². The number of primary amides is 1. The van der Waals surface area contributed by atoms with E-state index in [-0.39, 0.29) is 6.04 Å². The first-order valence-corrected chi connectivity index (χ1v) is 8.68. The van der Waals surface area contributed by atoms with Gasteiger partial charge in [-0.05, 0) is 47.2 Å². The van der Waals surface area contributed by atoms with E-state index in [1.807, 2.05) is 25.1 Å². The van der Waals surface area contributed by atoms with Crippen molar-refractivity contribution in [2.24, 2.45) is 5.73 Å². The zero-order chi connectivity index (χ0) is 18.9. The standard InChI is InChI=1S/C20H21F3N2O/c1-2-5-18-17-9-4-8-15(16(17)10-11-25(18)19(24)26)13-6-3-7-14(12-13)20(21,22)23/h3-4,6-9,12,18H,2,5,10-11H2,1H3,(H2,24,26). The number of urea groups is 1. The zero-order valence-corrected chi connectivity index (χ0v) is 14.5. The summed E-state index contributed by atoms with van der Waals surface area (Å²) in [4.78, 5) is 13.4. The van der Waals surface area contributed by atoms with Crippen molar-refractivity contribution in [3.8, 4) is 11.1 Å². The SMILES string of the molecule is CCCC1c2cccc(-c3cccc(C(F)(F)F)c3)c2CCN1C(N)=O. The Morgan fingerprint density at radius 2 is 1.96 bits per heavy atom. The number of hydrogen-bond acceptors (Lipinski definition) is 1. The zero-order valence-electron chi connectivity index (χ0n) is 14.5. The Labute approximate surface area is 150 Å². The molecule has 0 aromatic heterocycles. The van der Waals surface area contributed by atoms with E-state index in [0.29, 0.717) is 18.5 Å². The van der Waals surface area contributed by atoms with Gasteiger partial charge in [-0.2, -0.15) is 13.2 Å². The molecule has 2 aromatic rings. The molecule has 0 aliphatic carbocycles. The molecule has 1 aliphatic heterocycles. The Morgan fingerprint density at radius 1 is 1.23 bits per heavy atom. The number of carbonyl (C=O) groups is 1. The highest BCUT2D eigenvalue weighted by atomic mass is 19.4. The Kier molecular flexibility index (Phi) is 4.94. The molecule has 0 saturated carbocycles. The Bertz CT molecular complexity index is 817. The number of hydrogen-bond donors (Lipinski definition) is 1. The highest BCUT2D eigenvalue weighted by Crippen LogP contribution is 2.39. The monoisotopic (exact) mass is 362 g/mol. The van der Waals surface area contributed by atoms with E-state index in [2.05, 4.69) is 0 Å². The average molecular weight is 362 g/mol. The smallest absolute Gasteiger partial charge is 0.351 e. The number of alkyl halides is 3. The van der Waals surface area contributed by atoms with Crippen molar-refractivity contribution in [2.45, 2.75) is 38.4 Å². The molecule has 3 rings (SSSR count). The number of amides is 2. The largest absolute Gasteiger partial charge is 0.416 e. The molecule has 0 spiro atoms. The lowest BCUT2D eigenvalue weighted by atomic mass is 9.85. The maximum Gasteiger partial charge on any atom is 0.416 e. The average Bonchev–Trinajstić information content (AvgIpc) is 2.61. The molecule has 1 atom stereocenters. The maximum atomic E-state index is 13.1. The van der Waals surface area contributed by atoms with Gasteiger partial charge in [0.15, 0.2) is 0 Å². The van der Waals surface area contributed by atoms with E-state index in [4.69, 9.17) is 5.73 Å². The van der Waals surface area contributed by atoms with Crippen molar-refractivity contribution in [3.05, 3.63) is 59.2 Å². The first-order chi connectivity index (χ1) is 12.3. The summed E-state index contributed by atoms with van der Waals surface area (Å²) in [6.07, 6.45) is -2.16. The predicted octanol–water partition coefficient (Wildman–Crippen LogP) is 5.15. The van der Waals surface area contributed by atoms with Crippen LogP contribution in [0.2, 0.25) is 0 Å². The van der Waals surface area contributed by atoms with Crippen LogP contribution in [-0.4, -0.2) is 17.5 Å². The molecule has 26 heavy (non-hydrogen) atoms. The number of nitrogens with two attached hydrogens (primary N) is 1. The van der Waals surface area contributed by atoms with Gasteiger partial charge in [-0.25, -0.2) is 4.79 Å². The van der Waals surface area contributed by atoms with E-state index in [1.54, 1.807) is 11.0 Å². The van der Waals surface area contributed by atoms with Gasteiger partial charge in [0.1, 0.15) is 0 Å². The van der Waals surface area contributed by atoms with E-state index < -0.39 is 17.8 Å². The number of carbonyl (C=O) groups excluding carboxylic acids is 1. The van der Waals surface area contributed by atoms with E-state index in [1.165, 1.54) is 12.1 Å². The summed E-state index contributed by atoms with van der Waals surface area (Å²) in [5.41, 5.74) is 8.18. The van der Waals surface area contributed by atoms with Gasteiger partial charge in [-0.3, -0.25) is 0 Å². The lowest BCUT2D eigenvalue weighted by Gasteiger charge is -2.37. The van der Waals surface area contributed by atoms with Crippen LogP contribution in [0.25, 0.3) is 11.1 Å². The van der Waals surface area contributed by atoms with Crippen LogP contribution in [-0.2, 0) is 12.6 Å². The highest BCUT2D eigenvalue weighted by molar-refractivity contribution is 5.75. The van der Waals surface area contributed by atoms with Gasteiger partial charge < -0.3 is 10.6 Å². The predicted molar refractivity (Wildman–Crippen MR) is 94.5 cm³/mol. The summed E-state index contributed by atoms with van der Waals surface area (Å²) in [5.74, 6) is 0. The van der Waals surface area contributed by atoms with Crippen LogP contribution in [0.1, 0.15) is 42.5 Å². The number of nitrogens with zero attached hydrogens (tertiary/aromatic N) is 1. The molecular weight excluding hydrogens is 341 g/mol. The summed E-state index contributed by atoms with van der Waals surface area (Å²) >= 11 is 0. The van der Waals surface area contributed by atoms with Gasteiger partial charge in [0.05, 0.1) is 11.6 Å². The van der Waals surface area contributed by atoms with Gasteiger partial charge in [-0.15, -0.1) is 0 Å². The fraction of sp³-hybridized carbons (Fsp3) is 0.350. The van der Waals surface area contributed by atoms with Gasteiger partial charge in [0, 0.05) is 6.54 Å². The molecule has 1 heterocycles. The molecule has 2 amide bonds. The molecule has 1 aliphatic rings. The summed E-state index contributed by atoms with van der Waals surface area (Å²) in [7, 11) is 0. The molecule has 3 nitrogen and oxygen atoms in total. The quantitative estimate of drug-likeness (QED) is 0.806. The molecule has 0 bridgehead atoms. The third kappa shape index (κ3) is 3.41. The van der Waals surface area contributed by atoms with Gasteiger partial charge in [0.2, 0.25) is 0 Å². The fourth-order valence-corrected chi connectivity index (χ4v) is 3.73. The van der Waals surface area contributed by atoms with Gasteiger partial charge in [0.25, 0.3) is 0 Å². The first-order valence-electron chi connectivity index (χ1n) is 8.68. The molecule has 2 N–H and O–H groups in total. The van der Waals surface area contributed by atoms with Crippen LogP contribution in [0, 0.1) is 0 Å². The molecular formula is C20H21F3N2O. The van der Waals surface area contributed by atoms with Crippen molar-refractivity contribution in [2.75, 3.05) is 6.54 Å². The molecule has 138 valence electrons. The summed E-state index contributed by atoms with van der Waals surface area (Å²) in [5, 5.41) is 0. The molecule has 1 unspecified atom stereocenters.